The molecule has 0 saturated carbocycles. The van der Waals surface area contributed by atoms with Gasteiger partial charge in [0.05, 0.1) is 5.75 Å². The van der Waals surface area contributed by atoms with Gasteiger partial charge in [0.25, 0.3) is 5.54 Å². The molecule has 7 nitrogen and oxygen atoms in total. The summed E-state index contributed by atoms with van der Waals surface area (Å²) in [6.45, 7) is 2.55. The Morgan fingerprint density at radius 3 is 2.50 bits per heavy atom. The Morgan fingerprint density at radius 1 is 1.71 bits per heavy atom. The van der Waals surface area contributed by atoms with Gasteiger partial charge in [-0.1, -0.05) is 16.9 Å². The van der Waals surface area contributed by atoms with Crippen LogP contribution in [0.5, 0.6) is 0 Å². The lowest BCUT2D eigenvalue weighted by molar-refractivity contribution is -0.537. The van der Waals surface area contributed by atoms with E-state index < -0.39 is 16.4 Å². The van der Waals surface area contributed by atoms with Crippen molar-refractivity contribution in [2.45, 2.75) is 19.4 Å². The first-order valence-electron chi connectivity index (χ1n) is 3.60. The molecular formula is C6H11N3O4S. The largest absolute Gasteiger partial charge is 0.410 e. The number of amides is 1. The van der Waals surface area contributed by atoms with Gasteiger partial charge in [-0.2, -0.15) is 0 Å². The summed E-state index contributed by atoms with van der Waals surface area (Å²) in [4.78, 5) is 20.4. The summed E-state index contributed by atoms with van der Waals surface area (Å²) in [5.41, 5.74) is 3.33. The molecular weight excluding hydrogens is 210 g/mol. The molecule has 0 spiro atoms. The zero-order valence-electron chi connectivity index (χ0n) is 7.76. The smallest absolute Gasteiger partial charge is 0.267 e. The van der Waals surface area contributed by atoms with Crippen LogP contribution in [0.4, 0.5) is 0 Å². The van der Waals surface area contributed by atoms with Gasteiger partial charge >= 0.3 is 0 Å². The molecule has 8 heteroatoms. The van der Waals surface area contributed by atoms with Crippen molar-refractivity contribution in [1.82, 2.24) is 0 Å². The summed E-state index contributed by atoms with van der Waals surface area (Å²) in [5.74, 6) is -0.785. The fraction of sp³-hybridized carbons (Fsp3) is 0.667. The molecule has 0 bridgehead atoms. The Labute approximate surface area is 84.5 Å². The third-order valence-electron chi connectivity index (χ3n) is 1.42. The monoisotopic (exact) mass is 221 g/mol. The minimum Gasteiger partial charge on any atom is -0.410 e. The van der Waals surface area contributed by atoms with Crippen molar-refractivity contribution in [1.29, 1.82) is 0 Å². The van der Waals surface area contributed by atoms with E-state index in [4.69, 9.17) is 10.9 Å². The first kappa shape index (κ1) is 12.7. The van der Waals surface area contributed by atoms with Crippen LogP contribution in [0.3, 0.4) is 0 Å². The van der Waals surface area contributed by atoms with E-state index in [1.165, 1.54) is 13.8 Å². The van der Waals surface area contributed by atoms with Gasteiger partial charge in [0.15, 0.2) is 5.04 Å². The molecule has 0 heterocycles. The maximum absolute atomic E-state index is 10.6. The van der Waals surface area contributed by atoms with E-state index in [1.54, 1.807) is 0 Å². The average molecular weight is 221 g/mol. The van der Waals surface area contributed by atoms with Crippen molar-refractivity contribution in [3.8, 4) is 0 Å². The molecule has 80 valence electrons. The summed E-state index contributed by atoms with van der Waals surface area (Å²) in [5, 5.41) is 21.7. The lowest BCUT2D eigenvalue weighted by atomic mass is 10.1. The van der Waals surface area contributed by atoms with Crippen molar-refractivity contribution < 1.29 is 14.9 Å². The molecule has 0 aromatic carbocycles. The highest BCUT2D eigenvalue weighted by Crippen LogP contribution is 2.19. The van der Waals surface area contributed by atoms with E-state index in [2.05, 4.69) is 5.16 Å². The number of nitrogens with zero attached hydrogens (tertiary/aromatic N) is 2. The standard InChI is InChI=1S/C6H11N3O4S/c1-6(2,9(12)13)5(8-11)14-3-4(7)10/h11H,3H2,1-2H3,(H2,7,10)/b8-5+. The van der Waals surface area contributed by atoms with Crippen LogP contribution in [0, 0.1) is 10.1 Å². The van der Waals surface area contributed by atoms with Crippen LogP contribution in [0.25, 0.3) is 0 Å². The fourth-order valence-electron chi connectivity index (χ4n) is 0.545. The number of carbonyl (C=O) groups is 1. The number of hydrogen-bond acceptors (Lipinski definition) is 6. The van der Waals surface area contributed by atoms with E-state index in [0.717, 1.165) is 11.8 Å². The SMILES string of the molecule is CC(C)(/C(=N\O)SCC(N)=O)[N+](=O)[O-]. The summed E-state index contributed by atoms with van der Waals surface area (Å²) in [6, 6.07) is 0. The number of primary amides is 1. The molecule has 0 aromatic heterocycles. The first-order chi connectivity index (χ1) is 6.32. The summed E-state index contributed by atoms with van der Waals surface area (Å²) in [6.07, 6.45) is 0. The average Bonchev–Trinajstić information content (AvgIpc) is 2.04. The van der Waals surface area contributed by atoms with Gasteiger partial charge < -0.3 is 10.9 Å². The molecule has 3 N–H and O–H groups in total. The van der Waals surface area contributed by atoms with E-state index in [0.29, 0.717) is 0 Å². The van der Waals surface area contributed by atoms with Gasteiger partial charge in [0.2, 0.25) is 5.91 Å². The second-order valence-electron chi connectivity index (χ2n) is 2.98. The highest BCUT2D eigenvalue weighted by molar-refractivity contribution is 8.14. The first-order valence-corrected chi connectivity index (χ1v) is 4.59. The number of oxime groups is 1. The number of nitrogens with two attached hydrogens (primary N) is 1. The highest BCUT2D eigenvalue weighted by atomic mass is 32.2. The third-order valence-corrected chi connectivity index (χ3v) is 2.71. The number of nitro groups is 1. The molecule has 14 heavy (non-hydrogen) atoms. The Hall–Kier alpha value is -1.31. The van der Waals surface area contributed by atoms with Crippen LogP contribution in [0.1, 0.15) is 13.8 Å². The van der Waals surface area contributed by atoms with Crippen molar-refractivity contribution in [2.75, 3.05) is 5.75 Å². The zero-order valence-corrected chi connectivity index (χ0v) is 8.58. The van der Waals surface area contributed by atoms with Gasteiger partial charge in [0, 0.05) is 18.8 Å². The van der Waals surface area contributed by atoms with Crippen molar-refractivity contribution in [3.05, 3.63) is 10.1 Å². The van der Waals surface area contributed by atoms with Crippen LogP contribution in [0.2, 0.25) is 0 Å². The van der Waals surface area contributed by atoms with Gasteiger partial charge in [-0.15, -0.1) is 0 Å². The Morgan fingerprint density at radius 2 is 2.21 bits per heavy atom. The van der Waals surface area contributed by atoms with E-state index in [-0.39, 0.29) is 10.8 Å². The minimum absolute atomic E-state index is 0.152. The lowest BCUT2D eigenvalue weighted by Gasteiger charge is -2.15. The van der Waals surface area contributed by atoms with Crippen LogP contribution in [0.15, 0.2) is 5.16 Å². The maximum Gasteiger partial charge on any atom is 0.267 e. The highest BCUT2D eigenvalue weighted by Gasteiger charge is 2.38. The molecule has 0 aliphatic heterocycles. The molecule has 0 saturated heterocycles. The van der Waals surface area contributed by atoms with Crippen molar-refractivity contribution in [3.63, 3.8) is 0 Å². The number of rotatable bonds is 4. The molecule has 0 aromatic rings. The molecule has 0 unspecified atom stereocenters. The Bertz CT molecular complexity index is 276. The molecule has 0 fully saturated rings. The van der Waals surface area contributed by atoms with Gasteiger partial charge in [-0.05, 0) is 0 Å². The van der Waals surface area contributed by atoms with E-state index >= 15 is 0 Å². The molecule has 0 radical (unpaired) electrons. The Balaban J connectivity index is 4.58. The van der Waals surface area contributed by atoms with Crippen LogP contribution < -0.4 is 5.73 Å². The minimum atomic E-state index is -1.52. The summed E-state index contributed by atoms with van der Waals surface area (Å²) >= 11 is 0.749. The topological polar surface area (TPSA) is 119 Å². The Kier molecular flexibility index (Phi) is 4.35. The second-order valence-corrected chi connectivity index (χ2v) is 3.94. The van der Waals surface area contributed by atoms with E-state index in [1.807, 2.05) is 0 Å². The molecule has 0 aliphatic carbocycles. The lowest BCUT2D eigenvalue weighted by Crippen LogP contribution is -2.39. The van der Waals surface area contributed by atoms with Crippen LogP contribution >= 0.6 is 11.8 Å². The quantitative estimate of drug-likeness (QED) is 0.228. The van der Waals surface area contributed by atoms with Crippen molar-refractivity contribution >= 4 is 22.7 Å². The molecule has 1 amide bonds. The van der Waals surface area contributed by atoms with Crippen LogP contribution in [-0.2, 0) is 4.79 Å². The second kappa shape index (κ2) is 4.80. The van der Waals surface area contributed by atoms with Crippen LogP contribution in [-0.4, -0.2) is 32.4 Å². The number of hydrogen-bond donors (Lipinski definition) is 2. The molecule has 0 rings (SSSR count). The molecule has 0 aliphatic rings. The van der Waals surface area contributed by atoms with Gasteiger partial charge in [0.1, 0.15) is 0 Å². The predicted octanol–water partition coefficient (Wildman–Crippen LogP) is 0.0479. The summed E-state index contributed by atoms with van der Waals surface area (Å²) < 4.78 is 0. The zero-order chi connectivity index (χ0) is 11.4. The number of carbonyl (C=O) groups excluding carboxylic acids is 1. The van der Waals surface area contributed by atoms with Gasteiger partial charge in [-0.25, -0.2) is 0 Å². The number of thioether (sulfide) groups is 1. The summed E-state index contributed by atoms with van der Waals surface area (Å²) in [7, 11) is 0. The van der Waals surface area contributed by atoms with Gasteiger partial charge in [-0.3, -0.25) is 14.9 Å². The third kappa shape index (κ3) is 3.21. The van der Waals surface area contributed by atoms with E-state index in [9.17, 15) is 14.9 Å². The molecule has 0 atom stereocenters. The fourth-order valence-corrected chi connectivity index (χ4v) is 1.31. The van der Waals surface area contributed by atoms with Crippen molar-refractivity contribution in [2.24, 2.45) is 10.9 Å². The maximum atomic E-state index is 10.6. The normalized spacial score (nSPS) is 12.6. The predicted molar refractivity (Wildman–Crippen MR) is 51.9 cm³/mol.